The summed E-state index contributed by atoms with van der Waals surface area (Å²) in [6, 6.07) is 18.2. The Hall–Kier alpha value is -2.22. The van der Waals surface area contributed by atoms with E-state index in [4.69, 9.17) is 9.30 Å². The largest absolute Gasteiger partial charge is 3.00 e. The van der Waals surface area contributed by atoms with Crippen LogP contribution in [-0.2, 0) is 29.4 Å². The fourth-order valence-electron chi connectivity index (χ4n) is 1.51. The van der Waals surface area contributed by atoms with E-state index in [1.807, 2.05) is 36.4 Å². The zero-order chi connectivity index (χ0) is 16.1. The molecule has 0 amide bonds. The average Bonchev–Trinajstić information content (AvgIpc) is 2.60. The van der Waals surface area contributed by atoms with Crippen LogP contribution in [0.25, 0.3) is 0 Å². The maximum absolute atomic E-state index is 9.83. The Labute approximate surface area is 142 Å². The molecule has 0 aliphatic heterocycles. The van der Waals surface area contributed by atoms with Crippen LogP contribution < -0.4 is 0 Å². The summed E-state index contributed by atoms with van der Waals surface area (Å²) in [5, 5.41) is 0. The van der Waals surface area contributed by atoms with E-state index in [1.54, 1.807) is 24.3 Å². The molecule has 0 saturated heterocycles. The molecule has 5 heteroatoms. The molecule has 0 aliphatic carbocycles. The number of ketones is 2. The summed E-state index contributed by atoms with van der Waals surface area (Å²) in [7, 11) is 0. The third-order valence-corrected chi connectivity index (χ3v) is 2.41. The molecule has 0 saturated carbocycles. The molecular weight excluding hydrogens is 460 g/mol. The number of rotatable bonds is 4. The van der Waals surface area contributed by atoms with E-state index in [1.165, 1.54) is 6.42 Å². The monoisotopic (exact) mass is 474 g/mol. The van der Waals surface area contributed by atoms with Gasteiger partial charge in [0.05, 0.1) is 0 Å². The molecule has 22 heavy (non-hydrogen) atoms. The van der Waals surface area contributed by atoms with Crippen LogP contribution in [0.15, 0.2) is 60.7 Å². The number of benzene rings is 2. The second kappa shape index (κ2) is 13.7. The van der Waals surface area contributed by atoms with Crippen molar-refractivity contribution in [1.82, 2.24) is 0 Å². The van der Waals surface area contributed by atoms with Crippen LogP contribution in [0.5, 0.6) is 0 Å². The minimum Gasteiger partial charge on any atom is -0.300 e. The van der Waals surface area contributed by atoms with Crippen molar-refractivity contribution in [2.45, 2.75) is 0 Å². The molecule has 0 fully saturated rings. The summed E-state index contributed by atoms with van der Waals surface area (Å²) in [6.45, 7) is 9.00. The van der Waals surface area contributed by atoms with Gasteiger partial charge in [-0.1, -0.05) is 36.4 Å². The summed E-state index contributed by atoms with van der Waals surface area (Å²) in [6.07, 6.45) is 1.35. The second-order valence-electron chi connectivity index (χ2n) is 3.65. The quantitative estimate of drug-likeness (QED) is 0.283. The van der Waals surface area contributed by atoms with Crippen LogP contribution in [0.3, 0.4) is 0 Å². The van der Waals surface area contributed by atoms with Crippen LogP contribution in [0.2, 0.25) is 0 Å². The molecule has 110 valence electrons. The maximum Gasteiger partial charge on any atom is 3.00 e. The number of hydrogen-bond donors (Lipinski definition) is 0. The molecule has 0 spiro atoms. The van der Waals surface area contributed by atoms with Crippen LogP contribution in [0.1, 0.15) is 11.1 Å². The fraction of sp³-hybridized carbons (Fsp3) is 0. The molecule has 0 bridgehead atoms. The van der Waals surface area contributed by atoms with Crippen molar-refractivity contribution in [3.63, 3.8) is 0 Å². The van der Waals surface area contributed by atoms with Crippen molar-refractivity contribution in [2.75, 3.05) is 0 Å². The molecule has 4 nitrogen and oxygen atoms in total. The van der Waals surface area contributed by atoms with Crippen LogP contribution >= 0.6 is 0 Å². The summed E-state index contributed by atoms with van der Waals surface area (Å²) < 4.78 is 15.0. The van der Waals surface area contributed by atoms with E-state index < -0.39 is 0 Å². The minimum atomic E-state index is 0. The minimum absolute atomic E-state index is 0. The van der Waals surface area contributed by atoms with Crippen molar-refractivity contribution in [3.05, 3.63) is 91.5 Å². The first-order valence-corrected chi connectivity index (χ1v) is 5.75. The topological polar surface area (TPSA) is 82.6 Å². The second-order valence-corrected chi connectivity index (χ2v) is 3.65. The van der Waals surface area contributed by atoms with Gasteiger partial charge in [0.1, 0.15) is 0 Å². The van der Waals surface area contributed by atoms with Crippen LogP contribution in [-0.4, -0.2) is 21.2 Å². The van der Waals surface area contributed by atoms with Gasteiger partial charge in [0.15, 0.2) is 0 Å². The van der Waals surface area contributed by atoms with E-state index in [0.29, 0.717) is 11.1 Å². The van der Waals surface area contributed by atoms with E-state index in [9.17, 15) is 9.59 Å². The predicted octanol–water partition coefficient (Wildman–Crippen LogP) is 2.30. The normalized spacial score (nSPS) is 7.64. The molecule has 2 N–H and O–H groups in total. The first kappa shape index (κ1) is 22.1. The van der Waals surface area contributed by atoms with Crippen molar-refractivity contribution < 1.29 is 39.0 Å². The Morgan fingerprint density at radius 2 is 0.955 bits per heavy atom. The summed E-state index contributed by atoms with van der Waals surface area (Å²) >= 11 is 0. The summed E-state index contributed by atoms with van der Waals surface area (Å²) in [5.41, 5.74) is 1.35. The Morgan fingerprint density at radius 1 is 0.682 bits per heavy atom. The van der Waals surface area contributed by atoms with Gasteiger partial charge < -0.3 is 9.59 Å². The zero-order valence-corrected chi connectivity index (χ0v) is 13.8. The molecule has 0 unspecified atom stereocenters. The van der Waals surface area contributed by atoms with Gasteiger partial charge in [0.2, 0.25) is 0 Å². The molecule has 0 aliphatic rings. The predicted molar refractivity (Wildman–Crippen MR) is 77.1 cm³/mol. The molecule has 0 heterocycles. The van der Waals surface area contributed by atoms with Crippen molar-refractivity contribution in [2.24, 2.45) is 0 Å². The average molecular weight is 474 g/mol. The van der Waals surface area contributed by atoms with Crippen molar-refractivity contribution in [1.29, 1.82) is 0 Å². The van der Waals surface area contributed by atoms with E-state index in [-0.39, 0.29) is 31.7 Å². The maximum atomic E-state index is 9.83. The number of carbonyl (C=O) groups excluding carboxylic acids is 2. The van der Waals surface area contributed by atoms with E-state index >= 15 is 0 Å². The third-order valence-electron chi connectivity index (χ3n) is 2.41. The van der Waals surface area contributed by atoms with E-state index in [2.05, 4.69) is 13.3 Å². The molecule has 2 rings (SSSR count). The SMILES string of the molecule is [C-]#[O+].[C-]#[O+].[Ir+3].[OH+]=C([CH-]C(=[OH+])c1ccccc1)c1ccccc1. The Kier molecular flexibility index (Phi) is 13.8. The summed E-state index contributed by atoms with van der Waals surface area (Å²) in [5.74, 6) is 0.0962. The van der Waals surface area contributed by atoms with Crippen LogP contribution in [0, 0.1) is 19.7 Å². The van der Waals surface area contributed by atoms with Gasteiger partial charge in [-0.05, 0) is 11.1 Å². The molecule has 2 aromatic carbocycles. The van der Waals surface area contributed by atoms with Crippen molar-refractivity contribution in [3.8, 4) is 0 Å². The van der Waals surface area contributed by atoms with Gasteiger partial charge in [-0.2, -0.15) is 0 Å². The van der Waals surface area contributed by atoms with Gasteiger partial charge in [-0.15, -0.1) is 24.3 Å². The van der Waals surface area contributed by atoms with Gasteiger partial charge in [-0.25, -0.2) is 0 Å². The van der Waals surface area contributed by atoms with Crippen LogP contribution in [0.4, 0.5) is 0 Å². The zero-order valence-electron chi connectivity index (χ0n) is 11.4. The standard InChI is InChI=1S/C15H11O2.2CO.Ir/c16-14(12-7-3-1-4-8-12)11-15(17)13-9-5-2-6-10-13;2*1-2;/h1-11H;;;/q-1;;;+3/p+2. The van der Waals surface area contributed by atoms with Gasteiger partial charge in [0.25, 0.3) is 11.6 Å². The Bertz CT molecular complexity index is 548. The van der Waals surface area contributed by atoms with Crippen molar-refractivity contribution >= 4 is 11.6 Å². The van der Waals surface area contributed by atoms with Gasteiger partial charge in [0, 0.05) is 6.42 Å². The first-order chi connectivity index (χ1) is 10.3. The molecule has 2 aromatic rings. The fourth-order valence-corrected chi connectivity index (χ4v) is 1.51. The smallest absolute Gasteiger partial charge is 0.300 e. The molecular formula is C17H13IrO4+4. The molecule has 0 aromatic heterocycles. The number of hydrogen-bond acceptors (Lipinski definition) is 0. The first-order valence-electron chi connectivity index (χ1n) is 5.75. The third kappa shape index (κ3) is 7.53. The van der Waals surface area contributed by atoms with Gasteiger partial charge in [-0.3, -0.25) is 0 Å². The van der Waals surface area contributed by atoms with E-state index in [0.717, 1.165) is 0 Å². The molecule has 0 atom stereocenters. The summed E-state index contributed by atoms with van der Waals surface area (Å²) in [4.78, 5) is 19.7. The Morgan fingerprint density at radius 3 is 1.23 bits per heavy atom. The molecule has 0 radical (unpaired) electrons. The van der Waals surface area contributed by atoms with Gasteiger partial charge >= 0.3 is 42.7 Å². The Balaban J connectivity index is 0.